The predicted molar refractivity (Wildman–Crippen MR) is 88.9 cm³/mol. The molecule has 0 radical (unpaired) electrons. The van der Waals surface area contributed by atoms with Crippen LogP contribution in [0.2, 0.25) is 10.0 Å². The van der Waals surface area contributed by atoms with E-state index in [1.807, 2.05) is 12.1 Å². The number of aromatic nitrogens is 1. The third-order valence-corrected chi connectivity index (χ3v) is 5.32. The van der Waals surface area contributed by atoms with Crippen LogP contribution >= 0.6 is 34.5 Å². The summed E-state index contributed by atoms with van der Waals surface area (Å²) < 4.78 is 0. The van der Waals surface area contributed by atoms with Gasteiger partial charge in [0.1, 0.15) is 5.92 Å². The number of thiazole rings is 1. The molecule has 1 aromatic heterocycles. The van der Waals surface area contributed by atoms with Gasteiger partial charge in [0.15, 0.2) is 5.13 Å². The van der Waals surface area contributed by atoms with Crippen LogP contribution in [0.15, 0.2) is 24.4 Å². The third kappa shape index (κ3) is 3.63. The third-order valence-electron chi connectivity index (χ3n) is 3.54. The van der Waals surface area contributed by atoms with Gasteiger partial charge in [0, 0.05) is 28.8 Å². The molecule has 0 aliphatic heterocycles. The first-order valence-electron chi connectivity index (χ1n) is 6.77. The molecule has 1 heterocycles. The summed E-state index contributed by atoms with van der Waals surface area (Å²) in [5, 5.41) is 14.6. The lowest BCUT2D eigenvalue weighted by Gasteiger charge is -2.03. The van der Waals surface area contributed by atoms with Crippen LogP contribution < -0.4 is 5.32 Å². The van der Waals surface area contributed by atoms with Gasteiger partial charge in [-0.1, -0.05) is 35.3 Å². The summed E-state index contributed by atoms with van der Waals surface area (Å²) in [6.07, 6.45) is 2.48. The van der Waals surface area contributed by atoms with Gasteiger partial charge in [-0.3, -0.25) is 14.9 Å². The lowest BCUT2D eigenvalue weighted by Crippen LogP contribution is -2.18. The maximum absolute atomic E-state index is 11.9. The minimum absolute atomic E-state index is 0.287. The second kappa shape index (κ2) is 6.43. The number of benzene rings is 1. The van der Waals surface area contributed by atoms with Crippen molar-refractivity contribution < 1.29 is 9.72 Å². The van der Waals surface area contributed by atoms with Crippen molar-refractivity contribution in [3.63, 3.8) is 0 Å². The van der Waals surface area contributed by atoms with Gasteiger partial charge in [-0.2, -0.15) is 0 Å². The monoisotopic (exact) mass is 371 g/mol. The van der Waals surface area contributed by atoms with E-state index in [4.69, 9.17) is 23.2 Å². The summed E-state index contributed by atoms with van der Waals surface area (Å²) in [4.78, 5) is 27.1. The zero-order chi connectivity index (χ0) is 16.6. The molecule has 1 aromatic carbocycles. The van der Waals surface area contributed by atoms with E-state index in [0.717, 1.165) is 10.4 Å². The number of nitrogens with zero attached hydrogens (tertiary/aromatic N) is 2. The van der Waals surface area contributed by atoms with Crippen LogP contribution in [0.3, 0.4) is 0 Å². The van der Waals surface area contributed by atoms with Crippen molar-refractivity contribution in [3.8, 4) is 0 Å². The SMILES string of the molecule is O=C(Nc1ncc(Cc2cccc(Cl)c2Cl)s1)C1CC1[N+](=O)[O-]. The van der Waals surface area contributed by atoms with Crippen molar-refractivity contribution in [2.75, 3.05) is 5.32 Å². The van der Waals surface area contributed by atoms with E-state index in [0.29, 0.717) is 21.6 Å². The highest BCUT2D eigenvalue weighted by molar-refractivity contribution is 7.15. The van der Waals surface area contributed by atoms with Crippen LogP contribution in [0.5, 0.6) is 0 Å². The molecule has 9 heteroatoms. The average Bonchev–Trinajstić information content (AvgIpc) is 3.20. The number of carbonyl (C=O) groups is 1. The molecule has 6 nitrogen and oxygen atoms in total. The Bertz CT molecular complexity index is 780. The number of hydrogen-bond donors (Lipinski definition) is 1. The standard InChI is InChI=1S/C14H11Cl2N3O3S/c15-10-3-1-2-7(12(10)16)4-8-6-17-14(23-8)18-13(20)9-5-11(9)19(21)22/h1-3,6,9,11H,4-5H2,(H,17,18,20). The normalized spacial score (nSPS) is 19.4. The fourth-order valence-electron chi connectivity index (χ4n) is 2.21. The van der Waals surface area contributed by atoms with E-state index >= 15 is 0 Å². The van der Waals surface area contributed by atoms with Crippen LogP contribution in [0.25, 0.3) is 0 Å². The van der Waals surface area contributed by atoms with Crippen LogP contribution in [-0.2, 0) is 11.2 Å². The molecule has 0 bridgehead atoms. The molecule has 2 aromatic rings. The zero-order valence-electron chi connectivity index (χ0n) is 11.7. The largest absolute Gasteiger partial charge is 0.301 e. The molecule has 0 spiro atoms. The summed E-state index contributed by atoms with van der Waals surface area (Å²) in [6.45, 7) is 0. The van der Waals surface area contributed by atoms with E-state index in [1.165, 1.54) is 11.3 Å². The Hall–Kier alpha value is -1.70. The Labute approximate surface area is 145 Å². The first-order valence-corrected chi connectivity index (χ1v) is 8.35. The molecule has 1 aliphatic carbocycles. The number of anilines is 1. The highest BCUT2D eigenvalue weighted by Gasteiger charge is 2.53. The lowest BCUT2D eigenvalue weighted by molar-refractivity contribution is -0.497. The highest BCUT2D eigenvalue weighted by atomic mass is 35.5. The maximum Gasteiger partial charge on any atom is 0.236 e. The van der Waals surface area contributed by atoms with E-state index in [2.05, 4.69) is 10.3 Å². The van der Waals surface area contributed by atoms with Crippen LogP contribution in [0.4, 0.5) is 5.13 Å². The van der Waals surface area contributed by atoms with Crippen molar-refractivity contribution in [2.45, 2.75) is 18.9 Å². The topological polar surface area (TPSA) is 85.1 Å². The number of rotatable bonds is 5. The summed E-state index contributed by atoms with van der Waals surface area (Å²) >= 11 is 13.4. The number of carbonyl (C=O) groups excluding carboxylic acids is 1. The van der Waals surface area contributed by atoms with Gasteiger partial charge >= 0.3 is 0 Å². The van der Waals surface area contributed by atoms with E-state index in [-0.39, 0.29) is 12.3 Å². The highest BCUT2D eigenvalue weighted by Crippen LogP contribution is 2.35. The Balaban J connectivity index is 1.63. The average molecular weight is 372 g/mol. The Morgan fingerprint density at radius 3 is 2.96 bits per heavy atom. The quantitative estimate of drug-likeness (QED) is 0.641. The molecule has 3 rings (SSSR count). The lowest BCUT2D eigenvalue weighted by atomic mass is 10.1. The molecule has 1 aliphatic rings. The van der Waals surface area contributed by atoms with Gasteiger partial charge < -0.3 is 5.32 Å². The Morgan fingerprint density at radius 1 is 1.48 bits per heavy atom. The van der Waals surface area contributed by atoms with Crippen molar-refractivity contribution in [1.82, 2.24) is 4.98 Å². The Morgan fingerprint density at radius 2 is 2.26 bits per heavy atom. The summed E-state index contributed by atoms with van der Waals surface area (Å²) in [5.41, 5.74) is 0.872. The molecule has 1 amide bonds. The predicted octanol–water partition coefficient (Wildman–Crippen LogP) is 3.64. The number of amides is 1. The minimum atomic E-state index is -0.764. The van der Waals surface area contributed by atoms with E-state index in [9.17, 15) is 14.9 Å². The minimum Gasteiger partial charge on any atom is -0.301 e. The van der Waals surface area contributed by atoms with Crippen molar-refractivity contribution in [3.05, 3.63) is 55.0 Å². The molecular weight excluding hydrogens is 361 g/mol. The van der Waals surface area contributed by atoms with Gasteiger partial charge in [-0.15, -0.1) is 11.3 Å². The summed E-state index contributed by atoms with van der Waals surface area (Å²) in [6, 6.07) is 4.64. The van der Waals surface area contributed by atoms with Gasteiger partial charge in [0.05, 0.1) is 10.0 Å². The Kier molecular flexibility index (Phi) is 4.52. The van der Waals surface area contributed by atoms with Gasteiger partial charge in [0.2, 0.25) is 11.9 Å². The fourth-order valence-corrected chi connectivity index (χ4v) is 3.44. The zero-order valence-corrected chi connectivity index (χ0v) is 14.0. The number of halogens is 2. The first-order chi connectivity index (χ1) is 11.0. The smallest absolute Gasteiger partial charge is 0.236 e. The second-order valence-corrected chi connectivity index (χ2v) is 7.11. The van der Waals surface area contributed by atoms with Gasteiger partial charge in [-0.05, 0) is 11.6 Å². The molecule has 2 unspecified atom stereocenters. The number of nitro groups is 1. The molecule has 1 N–H and O–H groups in total. The fraction of sp³-hybridized carbons (Fsp3) is 0.286. The molecule has 120 valence electrons. The summed E-state index contributed by atoms with van der Waals surface area (Å²) in [7, 11) is 0. The number of hydrogen-bond acceptors (Lipinski definition) is 5. The molecule has 1 fully saturated rings. The van der Waals surface area contributed by atoms with Crippen molar-refractivity contribution in [2.24, 2.45) is 5.92 Å². The van der Waals surface area contributed by atoms with Crippen molar-refractivity contribution >= 4 is 45.6 Å². The molecule has 2 atom stereocenters. The number of nitrogens with one attached hydrogen (secondary N) is 1. The van der Waals surface area contributed by atoms with Crippen LogP contribution in [0, 0.1) is 16.0 Å². The van der Waals surface area contributed by atoms with Crippen LogP contribution in [-0.4, -0.2) is 21.9 Å². The summed E-state index contributed by atoms with van der Waals surface area (Å²) in [5.74, 6) is -0.909. The van der Waals surface area contributed by atoms with Crippen molar-refractivity contribution in [1.29, 1.82) is 0 Å². The van der Waals surface area contributed by atoms with Gasteiger partial charge in [-0.25, -0.2) is 4.98 Å². The molecular formula is C14H11Cl2N3O3S. The van der Waals surface area contributed by atoms with Gasteiger partial charge in [0.25, 0.3) is 0 Å². The maximum atomic E-state index is 11.9. The van der Waals surface area contributed by atoms with Crippen LogP contribution in [0.1, 0.15) is 16.9 Å². The first kappa shape index (κ1) is 16.2. The van der Waals surface area contributed by atoms with E-state index < -0.39 is 16.9 Å². The molecule has 23 heavy (non-hydrogen) atoms. The second-order valence-electron chi connectivity index (χ2n) is 5.21. The molecule has 0 saturated heterocycles. The van der Waals surface area contributed by atoms with E-state index in [1.54, 1.807) is 12.3 Å². The molecule has 1 saturated carbocycles.